The Morgan fingerprint density at radius 3 is 2.65 bits per heavy atom. The van der Waals surface area contributed by atoms with Gasteiger partial charge in [0, 0.05) is 38.6 Å². The molecule has 0 N–H and O–H groups in total. The standard InChI is InChI=1S/C18H24N4O/c1-21(14-6-3-4-7-14)12-13-22(2)18(23)15-8-5-9-16-17(15)20-11-10-19-16/h5,8-11,14H,3-4,6-7,12-13H2,1-2H3. The fraction of sp³-hybridized carbons (Fsp3) is 0.500. The summed E-state index contributed by atoms with van der Waals surface area (Å²) in [5, 5.41) is 0. The summed E-state index contributed by atoms with van der Waals surface area (Å²) in [6, 6.07) is 6.26. The zero-order valence-corrected chi connectivity index (χ0v) is 13.9. The SMILES string of the molecule is CN(CCN(C)C1CCCC1)C(=O)c1cccc2nccnc12. The van der Waals surface area contributed by atoms with Crippen molar-refractivity contribution >= 4 is 16.9 Å². The Hall–Kier alpha value is -2.01. The average Bonchev–Trinajstić information content (AvgIpc) is 3.13. The van der Waals surface area contributed by atoms with Crippen LogP contribution in [-0.2, 0) is 0 Å². The molecule has 1 aromatic heterocycles. The number of rotatable bonds is 5. The van der Waals surface area contributed by atoms with E-state index in [2.05, 4.69) is 21.9 Å². The first-order chi connectivity index (χ1) is 11.2. The maximum Gasteiger partial charge on any atom is 0.255 e. The van der Waals surface area contributed by atoms with Crippen molar-refractivity contribution in [1.82, 2.24) is 19.8 Å². The van der Waals surface area contributed by atoms with Gasteiger partial charge in [-0.1, -0.05) is 18.9 Å². The predicted molar refractivity (Wildman–Crippen MR) is 91.4 cm³/mol. The Kier molecular flexibility index (Phi) is 4.86. The van der Waals surface area contributed by atoms with Crippen LogP contribution in [0.3, 0.4) is 0 Å². The predicted octanol–water partition coefficient (Wildman–Crippen LogP) is 2.58. The number of likely N-dealkylation sites (N-methyl/N-ethyl adjacent to an activating group) is 2. The van der Waals surface area contributed by atoms with Crippen LogP contribution in [0.2, 0.25) is 0 Å². The number of para-hydroxylation sites is 1. The maximum absolute atomic E-state index is 12.7. The molecule has 1 heterocycles. The van der Waals surface area contributed by atoms with Crippen molar-refractivity contribution in [2.24, 2.45) is 0 Å². The van der Waals surface area contributed by atoms with E-state index in [0.717, 1.165) is 18.6 Å². The molecule has 0 atom stereocenters. The van der Waals surface area contributed by atoms with Gasteiger partial charge in [-0.05, 0) is 32.0 Å². The van der Waals surface area contributed by atoms with E-state index in [-0.39, 0.29) is 5.91 Å². The molecule has 1 fully saturated rings. The van der Waals surface area contributed by atoms with E-state index in [1.54, 1.807) is 17.3 Å². The highest BCUT2D eigenvalue weighted by molar-refractivity contribution is 6.04. The minimum Gasteiger partial charge on any atom is -0.340 e. The molecule has 0 unspecified atom stereocenters. The van der Waals surface area contributed by atoms with Crippen molar-refractivity contribution in [2.75, 3.05) is 27.2 Å². The summed E-state index contributed by atoms with van der Waals surface area (Å²) >= 11 is 0. The van der Waals surface area contributed by atoms with Gasteiger partial charge in [0.05, 0.1) is 11.1 Å². The number of fused-ring (bicyclic) bond motifs is 1. The zero-order valence-electron chi connectivity index (χ0n) is 13.9. The highest BCUT2D eigenvalue weighted by Gasteiger charge is 2.21. The summed E-state index contributed by atoms with van der Waals surface area (Å²) in [6.07, 6.45) is 8.51. The van der Waals surface area contributed by atoms with Gasteiger partial charge in [0.25, 0.3) is 5.91 Å². The second-order valence-electron chi connectivity index (χ2n) is 6.38. The minimum atomic E-state index is 0.0101. The van der Waals surface area contributed by atoms with Crippen molar-refractivity contribution in [3.05, 3.63) is 36.2 Å². The number of nitrogens with zero attached hydrogens (tertiary/aromatic N) is 4. The van der Waals surface area contributed by atoms with E-state index < -0.39 is 0 Å². The van der Waals surface area contributed by atoms with Crippen LogP contribution in [0.5, 0.6) is 0 Å². The molecule has 2 aromatic rings. The maximum atomic E-state index is 12.7. The number of aromatic nitrogens is 2. The molecule has 0 aliphatic heterocycles. The number of amides is 1. The molecule has 1 aliphatic rings. The zero-order chi connectivity index (χ0) is 16.2. The summed E-state index contributed by atoms with van der Waals surface area (Å²) in [4.78, 5) is 25.5. The van der Waals surface area contributed by atoms with Crippen LogP contribution >= 0.6 is 0 Å². The summed E-state index contributed by atoms with van der Waals surface area (Å²) in [5.41, 5.74) is 2.06. The number of carbonyl (C=O) groups is 1. The molecule has 1 amide bonds. The molecule has 0 bridgehead atoms. The van der Waals surface area contributed by atoms with Gasteiger partial charge in [0.1, 0.15) is 5.52 Å². The Balaban J connectivity index is 1.66. The van der Waals surface area contributed by atoms with Gasteiger partial charge in [0.15, 0.2) is 0 Å². The molecule has 0 saturated heterocycles. The minimum absolute atomic E-state index is 0.0101. The first-order valence-corrected chi connectivity index (χ1v) is 8.32. The van der Waals surface area contributed by atoms with E-state index in [4.69, 9.17) is 0 Å². The molecule has 0 radical (unpaired) electrons. The van der Waals surface area contributed by atoms with E-state index in [9.17, 15) is 4.79 Å². The molecule has 1 aromatic carbocycles. The Bertz CT molecular complexity index is 676. The van der Waals surface area contributed by atoms with Gasteiger partial charge in [0.2, 0.25) is 0 Å². The lowest BCUT2D eigenvalue weighted by Gasteiger charge is -2.27. The van der Waals surface area contributed by atoms with Crippen molar-refractivity contribution in [3.8, 4) is 0 Å². The Labute approximate surface area is 137 Å². The molecule has 122 valence electrons. The first-order valence-electron chi connectivity index (χ1n) is 8.32. The molecular weight excluding hydrogens is 288 g/mol. The van der Waals surface area contributed by atoms with Crippen LogP contribution in [-0.4, -0.2) is 58.9 Å². The van der Waals surface area contributed by atoms with Gasteiger partial charge in [-0.3, -0.25) is 14.8 Å². The molecular formula is C18H24N4O. The summed E-state index contributed by atoms with van der Waals surface area (Å²) < 4.78 is 0. The Morgan fingerprint density at radius 2 is 1.87 bits per heavy atom. The van der Waals surface area contributed by atoms with E-state index in [1.807, 2.05) is 25.2 Å². The van der Waals surface area contributed by atoms with Gasteiger partial charge < -0.3 is 9.80 Å². The van der Waals surface area contributed by atoms with E-state index in [1.165, 1.54) is 25.7 Å². The molecule has 3 rings (SSSR count). The van der Waals surface area contributed by atoms with E-state index in [0.29, 0.717) is 17.1 Å². The van der Waals surface area contributed by atoms with Crippen LogP contribution in [0, 0.1) is 0 Å². The number of benzene rings is 1. The van der Waals surface area contributed by atoms with E-state index >= 15 is 0 Å². The third-order valence-electron chi connectivity index (χ3n) is 4.81. The van der Waals surface area contributed by atoms with Gasteiger partial charge in [-0.15, -0.1) is 0 Å². The lowest BCUT2D eigenvalue weighted by atomic mass is 10.1. The third-order valence-corrected chi connectivity index (χ3v) is 4.81. The highest BCUT2D eigenvalue weighted by atomic mass is 16.2. The van der Waals surface area contributed by atoms with Crippen LogP contribution in [0.15, 0.2) is 30.6 Å². The quantitative estimate of drug-likeness (QED) is 0.851. The van der Waals surface area contributed by atoms with Crippen molar-refractivity contribution in [2.45, 2.75) is 31.7 Å². The first kappa shape index (κ1) is 15.9. The van der Waals surface area contributed by atoms with Crippen molar-refractivity contribution < 1.29 is 4.79 Å². The molecule has 5 heteroatoms. The van der Waals surface area contributed by atoms with Crippen LogP contribution < -0.4 is 0 Å². The highest BCUT2D eigenvalue weighted by Crippen LogP contribution is 2.22. The van der Waals surface area contributed by atoms with Crippen LogP contribution in [0.1, 0.15) is 36.0 Å². The molecule has 1 aliphatic carbocycles. The van der Waals surface area contributed by atoms with Crippen molar-refractivity contribution in [1.29, 1.82) is 0 Å². The fourth-order valence-corrected chi connectivity index (χ4v) is 3.31. The molecule has 23 heavy (non-hydrogen) atoms. The second-order valence-corrected chi connectivity index (χ2v) is 6.38. The monoisotopic (exact) mass is 312 g/mol. The smallest absolute Gasteiger partial charge is 0.255 e. The molecule has 0 spiro atoms. The lowest BCUT2D eigenvalue weighted by molar-refractivity contribution is 0.0776. The summed E-state index contributed by atoms with van der Waals surface area (Å²) in [6.45, 7) is 1.63. The normalized spacial score (nSPS) is 15.4. The van der Waals surface area contributed by atoms with Gasteiger partial charge in [-0.2, -0.15) is 0 Å². The average molecular weight is 312 g/mol. The number of hydrogen-bond acceptors (Lipinski definition) is 4. The molecule has 1 saturated carbocycles. The second kappa shape index (κ2) is 7.04. The van der Waals surface area contributed by atoms with Gasteiger partial charge >= 0.3 is 0 Å². The number of hydrogen-bond donors (Lipinski definition) is 0. The summed E-state index contributed by atoms with van der Waals surface area (Å²) in [7, 11) is 4.03. The molecule has 5 nitrogen and oxygen atoms in total. The Morgan fingerprint density at radius 1 is 1.13 bits per heavy atom. The summed E-state index contributed by atoms with van der Waals surface area (Å²) in [5.74, 6) is 0.0101. The fourth-order valence-electron chi connectivity index (χ4n) is 3.31. The van der Waals surface area contributed by atoms with Crippen LogP contribution in [0.4, 0.5) is 0 Å². The van der Waals surface area contributed by atoms with Gasteiger partial charge in [-0.25, -0.2) is 0 Å². The largest absolute Gasteiger partial charge is 0.340 e. The third kappa shape index (κ3) is 3.50. The number of carbonyl (C=O) groups excluding carboxylic acids is 1. The topological polar surface area (TPSA) is 49.3 Å². The lowest BCUT2D eigenvalue weighted by Crippen LogP contribution is -2.38. The van der Waals surface area contributed by atoms with Crippen LogP contribution in [0.25, 0.3) is 11.0 Å². The van der Waals surface area contributed by atoms with Crippen molar-refractivity contribution in [3.63, 3.8) is 0 Å².